The molecule has 0 heterocycles. The summed E-state index contributed by atoms with van der Waals surface area (Å²) in [5, 5.41) is 0. The maximum absolute atomic E-state index is 5.63. The number of hydrogen-bond donors (Lipinski definition) is 1. The molecule has 1 nitrogen and oxygen atoms in total. The van der Waals surface area contributed by atoms with E-state index in [0.29, 0.717) is 6.04 Å². The van der Waals surface area contributed by atoms with E-state index < -0.39 is 0 Å². The van der Waals surface area contributed by atoms with Gasteiger partial charge in [-0.1, -0.05) is 39.8 Å². The summed E-state index contributed by atoms with van der Waals surface area (Å²) in [4.78, 5) is 0. The van der Waals surface area contributed by atoms with E-state index in [4.69, 9.17) is 5.73 Å². The predicted octanol–water partition coefficient (Wildman–Crippen LogP) is 2.80. The fourth-order valence-electron chi connectivity index (χ4n) is 1.13. The summed E-state index contributed by atoms with van der Waals surface area (Å²) < 4.78 is 0. The lowest BCUT2D eigenvalue weighted by atomic mass is 9.97. The summed E-state index contributed by atoms with van der Waals surface area (Å²) >= 11 is 0. The van der Waals surface area contributed by atoms with Crippen LogP contribution in [0.2, 0.25) is 0 Å². The van der Waals surface area contributed by atoms with E-state index >= 15 is 0 Å². The van der Waals surface area contributed by atoms with Crippen molar-refractivity contribution in [2.45, 2.75) is 52.0 Å². The molecule has 1 saturated carbocycles. The standard InChI is InChI=1S/C6H13N.C2H6.CH5P/c7-6-4-2-1-3-5-6;2*1-2/h6H,1-5,7H2;1-2H3;2H2,1H3. The van der Waals surface area contributed by atoms with Crippen LogP contribution in [0.5, 0.6) is 0 Å². The van der Waals surface area contributed by atoms with E-state index in [1.165, 1.54) is 32.1 Å². The van der Waals surface area contributed by atoms with Gasteiger partial charge in [-0.25, -0.2) is 0 Å². The van der Waals surface area contributed by atoms with Crippen LogP contribution in [0.15, 0.2) is 0 Å². The molecule has 0 aromatic rings. The van der Waals surface area contributed by atoms with Crippen molar-refractivity contribution < 1.29 is 0 Å². The Bertz CT molecular complexity index is 51.5. The van der Waals surface area contributed by atoms with Crippen molar-refractivity contribution >= 4 is 9.24 Å². The van der Waals surface area contributed by atoms with Crippen molar-refractivity contribution in [3.8, 4) is 0 Å². The summed E-state index contributed by atoms with van der Waals surface area (Å²) in [7, 11) is 2.42. The first-order chi connectivity index (χ1) is 5.39. The molecule has 0 saturated heterocycles. The van der Waals surface area contributed by atoms with E-state index in [9.17, 15) is 0 Å². The zero-order chi connectivity index (χ0) is 9.11. The highest BCUT2D eigenvalue weighted by molar-refractivity contribution is 7.15. The van der Waals surface area contributed by atoms with Gasteiger partial charge in [-0.2, -0.15) is 0 Å². The number of rotatable bonds is 0. The van der Waals surface area contributed by atoms with Crippen LogP contribution in [-0.4, -0.2) is 12.7 Å². The van der Waals surface area contributed by atoms with Gasteiger partial charge in [0.05, 0.1) is 0 Å². The molecule has 1 fully saturated rings. The Morgan fingerprint density at radius 2 is 1.36 bits per heavy atom. The minimum Gasteiger partial charge on any atom is -0.328 e. The summed E-state index contributed by atoms with van der Waals surface area (Å²) in [5.41, 5.74) is 5.63. The quantitative estimate of drug-likeness (QED) is 0.566. The second kappa shape index (κ2) is 13.0. The Labute approximate surface area is 74.3 Å². The van der Waals surface area contributed by atoms with Gasteiger partial charge in [0.15, 0.2) is 0 Å². The smallest absolute Gasteiger partial charge is 0.00388 e. The molecule has 0 bridgehead atoms. The van der Waals surface area contributed by atoms with Crippen LogP contribution in [-0.2, 0) is 0 Å². The summed E-state index contributed by atoms with van der Waals surface area (Å²) in [6.07, 6.45) is 6.66. The molecule has 0 amide bonds. The lowest BCUT2D eigenvalue weighted by Gasteiger charge is -2.15. The molecular formula is C9H24NP. The van der Waals surface area contributed by atoms with Crippen molar-refractivity contribution in [1.29, 1.82) is 0 Å². The topological polar surface area (TPSA) is 26.0 Å². The van der Waals surface area contributed by atoms with Crippen LogP contribution < -0.4 is 5.73 Å². The lowest BCUT2D eigenvalue weighted by molar-refractivity contribution is 0.441. The van der Waals surface area contributed by atoms with Gasteiger partial charge in [-0.15, -0.1) is 9.24 Å². The molecular weight excluding hydrogens is 153 g/mol. The Morgan fingerprint density at radius 3 is 1.55 bits per heavy atom. The maximum atomic E-state index is 5.63. The molecule has 0 aliphatic heterocycles. The molecule has 0 aromatic heterocycles. The molecule has 0 aromatic carbocycles. The van der Waals surface area contributed by atoms with E-state index in [1.807, 2.05) is 20.5 Å². The number of hydrogen-bond acceptors (Lipinski definition) is 1. The minimum atomic E-state index is 0.536. The zero-order valence-corrected chi connectivity index (χ0v) is 9.42. The predicted molar refractivity (Wildman–Crippen MR) is 58.0 cm³/mol. The summed E-state index contributed by atoms with van der Waals surface area (Å²) in [5.74, 6) is 0. The molecule has 2 N–H and O–H groups in total. The van der Waals surface area contributed by atoms with E-state index in [1.54, 1.807) is 0 Å². The molecule has 70 valence electrons. The SMILES string of the molecule is CC.CP.NC1CCCCC1. The van der Waals surface area contributed by atoms with Crippen LogP contribution in [0, 0.1) is 0 Å². The normalized spacial score (nSPS) is 17.2. The third-order valence-electron chi connectivity index (χ3n) is 1.65. The summed E-state index contributed by atoms with van der Waals surface area (Å²) in [6.45, 7) is 5.92. The fourth-order valence-corrected chi connectivity index (χ4v) is 1.13. The van der Waals surface area contributed by atoms with E-state index in [2.05, 4.69) is 9.24 Å². The molecule has 1 atom stereocenters. The Hall–Kier alpha value is 0.390. The first-order valence-corrected chi connectivity index (χ1v) is 5.88. The van der Waals surface area contributed by atoms with Crippen molar-refractivity contribution in [3.05, 3.63) is 0 Å². The van der Waals surface area contributed by atoms with Gasteiger partial charge in [0.1, 0.15) is 0 Å². The van der Waals surface area contributed by atoms with Gasteiger partial charge in [-0.05, 0) is 12.8 Å². The van der Waals surface area contributed by atoms with E-state index in [0.717, 1.165) is 0 Å². The van der Waals surface area contributed by atoms with Gasteiger partial charge >= 0.3 is 0 Å². The largest absolute Gasteiger partial charge is 0.328 e. The zero-order valence-electron chi connectivity index (χ0n) is 8.27. The monoisotopic (exact) mass is 177 g/mol. The van der Waals surface area contributed by atoms with Crippen molar-refractivity contribution in [2.24, 2.45) is 5.73 Å². The van der Waals surface area contributed by atoms with Crippen LogP contribution in [0.3, 0.4) is 0 Å². The average molecular weight is 177 g/mol. The third kappa shape index (κ3) is 10.4. The highest BCUT2D eigenvalue weighted by atomic mass is 31.0. The fraction of sp³-hybridized carbons (Fsp3) is 1.00. The highest BCUT2D eigenvalue weighted by Crippen LogP contribution is 2.14. The van der Waals surface area contributed by atoms with E-state index in [-0.39, 0.29) is 0 Å². The first kappa shape index (κ1) is 13.9. The van der Waals surface area contributed by atoms with Crippen LogP contribution in [0.25, 0.3) is 0 Å². The van der Waals surface area contributed by atoms with Crippen molar-refractivity contribution in [2.75, 3.05) is 6.66 Å². The Morgan fingerprint density at radius 1 is 1.00 bits per heavy atom. The molecule has 1 aliphatic carbocycles. The van der Waals surface area contributed by atoms with Gasteiger partial charge < -0.3 is 5.73 Å². The minimum absolute atomic E-state index is 0.536. The third-order valence-corrected chi connectivity index (χ3v) is 1.65. The van der Waals surface area contributed by atoms with Crippen molar-refractivity contribution in [3.63, 3.8) is 0 Å². The van der Waals surface area contributed by atoms with Gasteiger partial charge in [0.2, 0.25) is 0 Å². The second-order valence-electron chi connectivity index (χ2n) is 2.40. The first-order valence-electron chi connectivity index (χ1n) is 4.73. The summed E-state index contributed by atoms with van der Waals surface area (Å²) in [6, 6.07) is 0.536. The van der Waals surface area contributed by atoms with Crippen LogP contribution in [0.4, 0.5) is 0 Å². The molecule has 0 spiro atoms. The van der Waals surface area contributed by atoms with Gasteiger partial charge in [0, 0.05) is 6.04 Å². The Balaban J connectivity index is 0. The van der Waals surface area contributed by atoms with Crippen molar-refractivity contribution in [1.82, 2.24) is 0 Å². The Kier molecular flexibility index (Phi) is 16.5. The maximum Gasteiger partial charge on any atom is 0.00388 e. The second-order valence-corrected chi connectivity index (χ2v) is 2.40. The van der Waals surface area contributed by atoms with Crippen LogP contribution >= 0.6 is 9.24 Å². The van der Waals surface area contributed by atoms with Gasteiger partial charge in [0.25, 0.3) is 0 Å². The molecule has 2 heteroatoms. The van der Waals surface area contributed by atoms with Gasteiger partial charge in [-0.3, -0.25) is 0 Å². The molecule has 11 heavy (non-hydrogen) atoms. The number of nitrogens with two attached hydrogens (primary N) is 1. The molecule has 1 rings (SSSR count). The average Bonchev–Trinajstić information content (AvgIpc) is 2.13. The van der Waals surface area contributed by atoms with Crippen LogP contribution in [0.1, 0.15) is 46.0 Å². The highest BCUT2D eigenvalue weighted by Gasteiger charge is 2.06. The molecule has 1 unspecified atom stereocenters. The molecule has 1 aliphatic rings. The molecule has 0 radical (unpaired) electrons. The lowest BCUT2D eigenvalue weighted by Crippen LogP contribution is -2.22.